The predicted molar refractivity (Wildman–Crippen MR) is 56.8 cm³/mol. The van der Waals surface area contributed by atoms with Crippen molar-refractivity contribution >= 4 is 0 Å². The van der Waals surface area contributed by atoms with E-state index in [9.17, 15) is 0 Å². The number of hydrogen-bond acceptors (Lipinski definition) is 3. The normalized spacial score (nSPS) is 24.0. The van der Waals surface area contributed by atoms with Gasteiger partial charge in [-0.25, -0.2) is 0 Å². The molecule has 1 rings (SSSR count). The van der Waals surface area contributed by atoms with Crippen molar-refractivity contribution in [2.75, 3.05) is 19.8 Å². The second-order valence-electron chi connectivity index (χ2n) is 3.80. The molecule has 1 heterocycles. The summed E-state index contributed by atoms with van der Waals surface area (Å²) in [6.45, 7) is 6.95. The third kappa shape index (κ3) is 3.95. The van der Waals surface area contributed by atoms with Gasteiger partial charge in [-0.1, -0.05) is 13.8 Å². The largest absolute Gasteiger partial charge is 0.361 e. The summed E-state index contributed by atoms with van der Waals surface area (Å²) in [5.74, 6) is 0. The fourth-order valence-electron chi connectivity index (χ4n) is 1.65. The van der Waals surface area contributed by atoms with E-state index in [4.69, 9.17) is 9.57 Å². The highest BCUT2D eigenvalue weighted by molar-refractivity contribution is 4.63. The van der Waals surface area contributed by atoms with Gasteiger partial charge in [-0.15, -0.1) is 0 Å². The summed E-state index contributed by atoms with van der Waals surface area (Å²) in [5, 5.41) is 2.03. The first-order valence-electron chi connectivity index (χ1n) is 5.89. The first-order valence-corrected chi connectivity index (χ1v) is 5.89. The molecule has 0 aromatic carbocycles. The summed E-state index contributed by atoms with van der Waals surface area (Å²) in [5.41, 5.74) is 0. The summed E-state index contributed by atoms with van der Waals surface area (Å²) < 4.78 is 5.74. The van der Waals surface area contributed by atoms with E-state index >= 15 is 0 Å². The number of hydrogen-bond donors (Lipinski definition) is 0. The molecule has 0 saturated carbocycles. The SMILES string of the molecule is CCCOC1CCCCN1OCCC. The zero-order valence-corrected chi connectivity index (χ0v) is 9.50. The zero-order chi connectivity index (χ0) is 10.2. The van der Waals surface area contributed by atoms with Gasteiger partial charge in [-0.3, -0.25) is 4.84 Å². The highest BCUT2D eigenvalue weighted by Gasteiger charge is 2.23. The maximum Gasteiger partial charge on any atom is 0.133 e. The molecule has 0 aromatic rings. The molecule has 14 heavy (non-hydrogen) atoms. The quantitative estimate of drug-likeness (QED) is 0.659. The molecule has 84 valence electrons. The van der Waals surface area contributed by atoms with Crippen LogP contribution in [0, 0.1) is 0 Å². The highest BCUT2D eigenvalue weighted by Crippen LogP contribution is 2.18. The Morgan fingerprint density at radius 3 is 2.64 bits per heavy atom. The standard InChI is InChI=1S/C11H23NO2/c1-3-9-13-11-7-5-6-8-12(11)14-10-4-2/h11H,3-10H2,1-2H3. The van der Waals surface area contributed by atoms with Crippen LogP contribution >= 0.6 is 0 Å². The zero-order valence-electron chi connectivity index (χ0n) is 9.50. The molecule has 0 bridgehead atoms. The fraction of sp³-hybridized carbons (Fsp3) is 1.00. The van der Waals surface area contributed by atoms with E-state index in [1.54, 1.807) is 0 Å². The van der Waals surface area contributed by atoms with Crippen molar-refractivity contribution in [2.24, 2.45) is 0 Å². The van der Waals surface area contributed by atoms with Crippen LogP contribution in [0.15, 0.2) is 0 Å². The summed E-state index contributed by atoms with van der Waals surface area (Å²) in [7, 11) is 0. The average molecular weight is 201 g/mol. The third-order valence-corrected chi connectivity index (χ3v) is 2.38. The lowest BCUT2D eigenvalue weighted by Crippen LogP contribution is -2.41. The Balaban J connectivity index is 2.26. The second-order valence-corrected chi connectivity index (χ2v) is 3.80. The first-order chi connectivity index (χ1) is 6.88. The molecule has 3 nitrogen and oxygen atoms in total. The van der Waals surface area contributed by atoms with Crippen LogP contribution in [0.25, 0.3) is 0 Å². The highest BCUT2D eigenvalue weighted by atomic mass is 16.7. The van der Waals surface area contributed by atoms with Crippen LogP contribution in [-0.2, 0) is 9.57 Å². The number of nitrogens with zero attached hydrogens (tertiary/aromatic N) is 1. The van der Waals surface area contributed by atoms with Crippen molar-refractivity contribution in [3.05, 3.63) is 0 Å². The van der Waals surface area contributed by atoms with Crippen LogP contribution in [0.4, 0.5) is 0 Å². The van der Waals surface area contributed by atoms with Gasteiger partial charge in [-0.2, -0.15) is 5.06 Å². The van der Waals surface area contributed by atoms with Gasteiger partial charge in [0.15, 0.2) is 0 Å². The van der Waals surface area contributed by atoms with Crippen molar-refractivity contribution in [3.8, 4) is 0 Å². The molecule has 1 aliphatic heterocycles. The minimum Gasteiger partial charge on any atom is -0.361 e. The van der Waals surface area contributed by atoms with Gasteiger partial charge in [0.1, 0.15) is 6.23 Å². The van der Waals surface area contributed by atoms with E-state index in [0.29, 0.717) is 0 Å². The Morgan fingerprint density at radius 2 is 1.93 bits per heavy atom. The summed E-state index contributed by atoms with van der Waals surface area (Å²) >= 11 is 0. The topological polar surface area (TPSA) is 21.7 Å². The van der Waals surface area contributed by atoms with Crippen molar-refractivity contribution in [1.29, 1.82) is 0 Å². The smallest absolute Gasteiger partial charge is 0.133 e. The number of hydroxylamine groups is 2. The van der Waals surface area contributed by atoms with Gasteiger partial charge in [-0.05, 0) is 32.1 Å². The number of piperidine rings is 1. The van der Waals surface area contributed by atoms with Gasteiger partial charge < -0.3 is 4.74 Å². The molecule has 1 unspecified atom stereocenters. The molecule has 0 aromatic heterocycles. The Labute approximate surface area is 87.3 Å². The average Bonchev–Trinajstić information content (AvgIpc) is 2.24. The van der Waals surface area contributed by atoms with Gasteiger partial charge in [0.25, 0.3) is 0 Å². The van der Waals surface area contributed by atoms with Crippen LogP contribution < -0.4 is 0 Å². The maximum atomic E-state index is 5.74. The van der Waals surface area contributed by atoms with Crippen molar-refractivity contribution in [1.82, 2.24) is 5.06 Å². The predicted octanol–water partition coefficient (Wildman–Crippen LogP) is 2.57. The van der Waals surface area contributed by atoms with Crippen LogP contribution in [0.2, 0.25) is 0 Å². The fourth-order valence-corrected chi connectivity index (χ4v) is 1.65. The minimum absolute atomic E-state index is 0.204. The molecular weight excluding hydrogens is 178 g/mol. The number of ether oxygens (including phenoxy) is 1. The van der Waals surface area contributed by atoms with Gasteiger partial charge in [0, 0.05) is 13.2 Å². The van der Waals surface area contributed by atoms with Crippen LogP contribution in [-0.4, -0.2) is 31.0 Å². The molecule has 0 aliphatic carbocycles. The van der Waals surface area contributed by atoms with E-state index < -0.39 is 0 Å². The maximum absolute atomic E-state index is 5.74. The van der Waals surface area contributed by atoms with Crippen LogP contribution in [0.3, 0.4) is 0 Å². The van der Waals surface area contributed by atoms with Gasteiger partial charge >= 0.3 is 0 Å². The molecule has 0 N–H and O–H groups in total. The molecule has 1 fully saturated rings. The van der Waals surface area contributed by atoms with E-state index in [1.807, 2.05) is 5.06 Å². The van der Waals surface area contributed by atoms with Crippen LogP contribution in [0.5, 0.6) is 0 Å². The van der Waals surface area contributed by atoms with Gasteiger partial charge in [0.2, 0.25) is 0 Å². The lowest BCUT2D eigenvalue weighted by molar-refractivity contribution is -0.264. The van der Waals surface area contributed by atoms with Crippen LogP contribution in [0.1, 0.15) is 46.0 Å². The summed E-state index contributed by atoms with van der Waals surface area (Å²) in [6, 6.07) is 0. The molecule has 0 spiro atoms. The molecule has 1 atom stereocenters. The Hall–Kier alpha value is -0.120. The molecule has 0 radical (unpaired) electrons. The van der Waals surface area contributed by atoms with Crippen molar-refractivity contribution in [2.45, 2.75) is 52.2 Å². The van der Waals surface area contributed by atoms with E-state index in [0.717, 1.165) is 39.0 Å². The third-order valence-electron chi connectivity index (χ3n) is 2.38. The van der Waals surface area contributed by atoms with E-state index in [1.165, 1.54) is 12.8 Å². The lowest BCUT2D eigenvalue weighted by Gasteiger charge is -2.34. The second kappa shape index (κ2) is 7.21. The van der Waals surface area contributed by atoms with E-state index in [-0.39, 0.29) is 6.23 Å². The Bertz CT molecular complexity index is 125. The van der Waals surface area contributed by atoms with Crippen molar-refractivity contribution < 1.29 is 9.57 Å². The monoisotopic (exact) mass is 201 g/mol. The minimum atomic E-state index is 0.204. The van der Waals surface area contributed by atoms with Gasteiger partial charge in [0.05, 0.1) is 6.61 Å². The number of rotatable bonds is 6. The Morgan fingerprint density at radius 1 is 1.14 bits per heavy atom. The lowest BCUT2D eigenvalue weighted by atomic mass is 10.1. The molecule has 3 heteroatoms. The molecule has 1 aliphatic rings. The summed E-state index contributed by atoms with van der Waals surface area (Å²) in [4.78, 5) is 5.65. The first kappa shape index (κ1) is 12.0. The Kier molecular flexibility index (Phi) is 6.15. The van der Waals surface area contributed by atoms with Crippen molar-refractivity contribution in [3.63, 3.8) is 0 Å². The molecule has 0 amide bonds. The van der Waals surface area contributed by atoms with E-state index in [2.05, 4.69) is 13.8 Å². The molecule has 1 saturated heterocycles. The summed E-state index contributed by atoms with van der Waals surface area (Å²) in [6.07, 6.45) is 5.96. The molecular formula is C11H23NO2.